The minimum atomic E-state index is -0.951. The molecular weight excluding hydrogens is 381 g/mol. The summed E-state index contributed by atoms with van der Waals surface area (Å²) in [6, 6.07) is 11.0. The summed E-state index contributed by atoms with van der Waals surface area (Å²) in [5.41, 5.74) is 0.799. The van der Waals surface area contributed by atoms with Crippen molar-refractivity contribution in [3.8, 4) is 5.75 Å². The van der Waals surface area contributed by atoms with Crippen LogP contribution < -0.4 is 20.7 Å². The SMILES string of the molecule is COc1ccc(NC(=O)CNC(=O)C(=O)Nc2cccc(Cl)c2)cc1Cl. The van der Waals surface area contributed by atoms with Crippen LogP contribution >= 0.6 is 23.2 Å². The summed E-state index contributed by atoms with van der Waals surface area (Å²) in [6.45, 7) is -0.383. The molecule has 2 aromatic rings. The first-order valence-electron chi connectivity index (χ1n) is 7.37. The Labute approximate surface area is 159 Å². The molecule has 3 amide bonds. The van der Waals surface area contributed by atoms with Crippen molar-refractivity contribution in [2.45, 2.75) is 0 Å². The van der Waals surface area contributed by atoms with E-state index in [0.29, 0.717) is 27.2 Å². The van der Waals surface area contributed by atoms with Crippen LogP contribution in [-0.2, 0) is 14.4 Å². The summed E-state index contributed by atoms with van der Waals surface area (Å²) in [4.78, 5) is 35.4. The topological polar surface area (TPSA) is 96.5 Å². The van der Waals surface area contributed by atoms with E-state index in [9.17, 15) is 14.4 Å². The number of hydrogen-bond acceptors (Lipinski definition) is 4. The molecule has 0 radical (unpaired) electrons. The van der Waals surface area contributed by atoms with Crippen molar-refractivity contribution in [1.29, 1.82) is 0 Å². The lowest BCUT2D eigenvalue weighted by Gasteiger charge is -2.09. The lowest BCUT2D eigenvalue weighted by molar-refractivity contribution is -0.136. The van der Waals surface area contributed by atoms with Gasteiger partial charge in [-0.05, 0) is 36.4 Å². The average molecular weight is 396 g/mol. The number of carbonyl (C=O) groups is 3. The second-order valence-electron chi connectivity index (χ2n) is 5.04. The molecule has 0 saturated heterocycles. The van der Waals surface area contributed by atoms with Crippen LogP contribution in [0.2, 0.25) is 10.0 Å². The Kier molecular flexibility index (Phi) is 6.82. The third-order valence-electron chi connectivity index (χ3n) is 3.13. The molecule has 2 aromatic carbocycles. The minimum Gasteiger partial charge on any atom is -0.495 e. The Bertz CT molecular complexity index is 843. The molecule has 0 heterocycles. The monoisotopic (exact) mass is 395 g/mol. The summed E-state index contributed by atoms with van der Waals surface area (Å²) >= 11 is 11.8. The maximum Gasteiger partial charge on any atom is 0.313 e. The van der Waals surface area contributed by atoms with Crippen molar-refractivity contribution < 1.29 is 19.1 Å². The normalized spacial score (nSPS) is 9.96. The van der Waals surface area contributed by atoms with Gasteiger partial charge >= 0.3 is 11.8 Å². The summed E-state index contributed by atoms with van der Waals surface area (Å²) in [5, 5.41) is 7.89. The van der Waals surface area contributed by atoms with Crippen LogP contribution in [0.3, 0.4) is 0 Å². The number of benzene rings is 2. The number of amides is 3. The van der Waals surface area contributed by atoms with E-state index >= 15 is 0 Å². The fourth-order valence-corrected chi connectivity index (χ4v) is 2.39. The highest BCUT2D eigenvalue weighted by atomic mass is 35.5. The zero-order valence-electron chi connectivity index (χ0n) is 13.6. The Morgan fingerprint density at radius 1 is 0.962 bits per heavy atom. The summed E-state index contributed by atoms with van der Waals surface area (Å²) < 4.78 is 5.01. The largest absolute Gasteiger partial charge is 0.495 e. The first-order chi connectivity index (χ1) is 12.4. The molecule has 0 bridgehead atoms. The molecule has 136 valence electrons. The molecule has 0 aliphatic heterocycles. The van der Waals surface area contributed by atoms with Gasteiger partial charge in [-0.3, -0.25) is 14.4 Å². The van der Waals surface area contributed by atoms with Crippen LogP contribution in [0.25, 0.3) is 0 Å². The first kappa shape index (κ1) is 19.6. The van der Waals surface area contributed by atoms with Crippen molar-refractivity contribution in [1.82, 2.24) is 5.32 Å². The average Bonchev–Trinajstić information content (AvgIpc) is 2.60. The molecule has 9 heteroatoms. The Hall–Kier alpha value is -2.77. The molecule has 0 aliphatic carbocycles. The first-order valence-corrected chi connectivity index (χ1v) is 8.13. The van der Waals surface area contributed by atoms with E-state index in [1.807, 2.05) is 0 Å². The van der Waals surface area contributed by atoms with E-state index in [0.717, 1.165) is 0 Å². The predicted molar refractivity (Wildman–Crippen MR) is 99.7 cm³/mol. The van der Waals surface area contributed by atoms with Crippen LogP contribution in [0.5, 0.6) is 5.75 Å². The van der Waals surface area contributed by atoms with E-state index in [-0.39, 0.29) is 6.54 Å². The van der Waals surface area contributed by atoms with E-state index in [2.05, 4.69) is 16.0 Å². The number of rotatable bonds is 5. The lowest BCUT2D eigenvalue weighted by atomic mass is 10.3. The molecule has 2 rings (SSSR count). The number of ether oxygens (including phenoxy) is 1. The molecule has 3 N–H and O–H groups in total. The van der Waals surface area contributed by atoms with Crippen LogP contribution in [-0.4, -0.2) is 31.4 Å². The van der Waals surface area contributed by atoms with Gasteiger partial charge in [0, 0.05) is 16.4 Å². The molecular formula is C17H15Cl2N3O4. The lowest BCUT2D eigenvalue weighted by Crippen LogP contribution is -2.39. The van der Waals surface area contributed by atoms with Gasteiger partial charge in [0.15, 0.2) is 0 Å². The maximum atomic E-state index is 11.9. The highest BCUT2D eigenvalue weighted by Gasteiger charge is 2.15. The Morgan fingerprint density at radius 3 is 2.35 bits per heavy atom. The Morgan fingerprint density at radius 2 is 1.69 bits per heavy atom. The van der Waals surface area contributed by atoms with Gasteiger partial charge in [0.05, 0.1) is 18.7 Å². The highest BCUT2D eigenvalue weighted by Crippen LogP contribution is 2.27. The number of methoxy groups -OCH3 is 1. The minimum absolute atomic E-state index is 0.329. The third kappa shape index (κ3) is 5.65. The van der Waals surface area contributed by atoms with Crippen LogP contribution in [0, 0.1) is 0 Å². The molecule has 0 unspecified atom stereocenters. The summed E-state index contributed by atoms with van der Waals surface area (Å²) in [6.07, 6.45) is 0. The number of anilines is 2. The molecule has 7 nitrogen and oxygen atoms in total. The third-order valence-corrected chi connectivity index (χ3v) is 3.66. The van der Waals surface area contributed by atoms with Crippen molar-refractivity contribution in [2.24, 2.45) is 0 Å². The molecule has 0 aromatic heterocycles. The van der Waals surface area contributed by atoms with E-state index < -0.39 is 17.7 Å². The van der Waals surface area contributed by atoms with Crippen LogP contribution in [0.1, 0.15) is 0 Å². The number of carbonyl (C=O) groups excluding carboxylic acids is 3. The fraction of sp³-hybridized carbons (Fsp3) is 0.118. The van der Waals surface area contributed by atoms with E-state index in [1.54, 1.807) is 30.3 Å². The smallest absolute Gasteiger partial charge is 0.313 e. The molecule has 0 saturated carbocycles. The number of halogens is 2. The van der Waals surface area contributed by atoms with E-state index in [4.69, 9.17) is 27.9 Å². The predicted octanol–water partition coefficient (Wildman–Crippen LogP) is 2.70. The van der Waals surface area contributed by atoms with Gasteiger partial charge in [-0.15, -0.1) is 0 Å². The molecule has 0 aliphatic rings. The van der Waals surface area contributed by atoms with Gasteiger partial charge in [-0.1, -0.05) is 29.3 Å². The quantitative estimate of drug-likeness (QED) is 0.678. The Balaban J connectivity index is 1.83. The van der Waals surface area contributed by atoms with Crippen molar-refractivity contribution >= 4 is 52.3 Å². The van der Waals surface area contributed by atoms with Gasteiger partial charge in [0.2, 0.25) is 5.91 Å². The second-order valence-corrected chi connectivity index (χ2v) is 5.89. The number of hydrogen-bond donors (Lipinski definition) is 3. The molecule has 0 atom stereocenters. The zero-order valence-corrected chi connectivity index (χ0v) is 15.1. The van der Waals surface area contributed by atoms with Gasteiger partial charge < -0.3 is 20.7 Å². The fourth-order valence-electron chi connectivity index (χ4n) is 1.94. The van der Waals surface area contributed by atoms with Crippen LogP contribution in [0.15, 0.2) is 42.5 Å². The van der Waals surface area contributed by atoms with Crippen molar-refractivity contribution in [3.63, 3.8) is 0 Å². The van der Waals surface area contributed by atoms with Crippen LogP contribution in [0.4, 0.5) is 11.4 Å². The molecule has 0 fully saturated rings. The van der Waals surface area contributed by atoms with Gasteiger partial charge in [-0.2, -0.15) is 0 Å². The summed E-state index contributed by atoms with van der Waals surface area (Å²) in [7, 11) is 1.48. The van der Waals surface area contributed by atoms with Crippen molar-refractivity contribution in [2.75, 3.05) is 24.3 Å². The maximum absolute atomic E-state index is 11.9. The summed E-state index contributed by atoms with van der Waals surface area (Å²) in [5.74, 6) is -1.91. The highest BCUT2D eigenvalue weighted by molar-refractivity contribution is 6.40. The van der Waals surface area contributed by atoms with E-state index in [1.165, 1.54) is 19.2 Å². The van der Waals surface area contributed by atoms with Gasteiger partial charge in [-0.25, -0.2) is 0 Å². The molecule has 0 spiro atoms. The second kappa shape index (κ2) is 9.07. The standard InChI is InChI=1S/C17H15Cl2N3O4/c1-26-14-6-5-12(8-13(14)19)21-15(23)9-20-16(24)17(25)22-11-4-2-3-10(18)7-11/h2-8H,9H2,1H3,(H,20,24)(H,21,23)(H,22,25). The van der Waals surface area contributed by atoms with Gasteiger partial charge in [0.25, 0.3) is 0 Å². The van der Waals surface area contributed by atoms with Crippen molar-refractivity contribution in [3.05, 3.63) is 52.5 Å². The van der Waals surface area contributed by atoms with Gasteiger partial charge in [0.1, 0.15) is 5.75 Å². The molecule has 26 heavy (non-hydrogen) atoms. The zero-order chi connectivity index (χ0) is 19.1. The number of nitrogens with one attached hydrogen (secondary N) is 3.